The van der Waals surface area contributed by atoms with Crippen LogP contribution >= 0.6 is 12.6 Å². The van der Waals surface area contributed by atoms with Crippen molar-refractivity contribution in [2.24, 2.45) is 17.8 Å². The summed E-state index contributed by atoms with van der Waals surface area (Å²) >= 11 is 4.80. The van der Waals surface area contributed by atoms with Gasteiger partial charge >= 0.3 is 0 Å². The van der Waals surface area contributed by atoms with Gasteiger partial charge in [-0.05, 0) is 17.8 Å². The Morgan fingerprint density at radius 3 is 0.909 bits per heavy atom. The van der Waals surface area contributed by atoms with E-state index in [1.54, 1.807) is 0 Å². The summed E-state index contributed by atoms with van der Waals surface area (Å²) in [5, 5.41) is 0. The molecular formula is C10H22S. The van der Waals surface area contributed by atoms with Crippen LogP contribution < -0.4 is 0 Å². The molecule has 1 heteroatoms. The minimum atomic E-state index is 0.194. The maximum Gasteiger partial charge on any atom is 0.0198 e. The van der Waals surface area contributed by atoms with Gasteiger partial charge in [-0.3, -0.25) is 0 Å². The van der Waals surface area contributed by atoms with Gasteiger partial charge in [0.1, 0.15) is 0 Å². The average molecular weight is 174 g/mol. The van der Waals surface area contributed by atoms with Crippen molar-refractivity contribution in [3.05, 3.63) is 0 Å². The molecule has 0 spiro atoms. The highest BCUT2D eigenvalue weighted by Gasteiger charge is 2.35. The van der Waals surface area contributed by atoms with E-state index in [-0.39, 0.29) is 4.75 Å². The molecule has 0 aromatic heterocycles. The monoisotopic (exact) mass is 174 g/mol. The third-order valence-corrected chi connectivity index (χ3v) is 4.32. The molecule has 0 nitrogen and oxygen atoms in total. The third kappa shape index (κ3) is 2.14. The topological polar surface area (TPSA) is 0 Å². The molecule has 0 heterocycles. The first-order valence-corrected chi connectivity index (χ1v) is 5.00. The van der Waals surface area contributed by atoms with Crippen LogP contribution in [0.5, 0.6) is 0 Å². The van der Waals surface area contributed by atoms with Crippen molar-refractivity contribution in [1.29, 1.82) is 0 Å². The number of hydrogen-bond acceptors (Lipinski definition) is 1. The van der Waals surface area contributed by atoms with Crippen LogP contribution in [0.1, 0.15) is 41.5 Å². The van der Waals surface area contributed by atoms with Gasteiger partial charge in [-0.15, -0.1) is 0 Å². The van der Waals surface area contributed by atoms with Crippen molar-refractivity contribution >= 4 is 12.6 Å². The summed E-state index contributed by atoms with van der Waals surface area (Å²) in [6.07, 6.45) is 0. The van der Waals surface area contributed by atoms with Crippen LogP contribution in [0.25, 0.3) is 0 Å². The molecule has 0 fully saturated rings. The Bertz CT molecular complexity index is 92.3. The van der Waals surface area contributed by atoms with E-state index in [0.29, 0.717) is 17.8 Å². The lowest BCUT2D eigenvalue weighted by molar-refractivity contribution is 0.260. The van der Waals surface area contributed by atoms with Crippen molar-refractivity contribution in [1.82, 2.24) is 0 Å². The minimum absolute atomic E-state index is 0.194. The van der Waals surface area contributed by atoms with E-state index in [1.807, 2.05) is 0 Å². The smallest absolute Gasteiger partial charge is 0.0198 e. The third-order valence-electron chi connectivity index (χ3n) is 2.77. The van der Waals surface area contributed by atoms with E-state index in [2.05, 4.69) is 41.5 Å². The predicted molar refractivity (Wildman–Crippen MR) is 56.2 cm³/mol. The molecular weight excluding hydrogens is 152 g/mol. The highest BCUT2D eigenvalue weighted by molar-refractivity contribution is 7.81. The van der Waals surface area contributed by atoms with Crippen LogP contribution in [0.15, 0.2) is 0 Å². The van der Waals surface area contributed by atoms with Gasteiger partial charge < -0.3 is 0 Å². The lowest BCUT2D eigenvalue weighted by Crippen LogP contribution is -2.40. The number of rotatable bonds is 3. The molecule has 0 amide bonds. The van der Waals surface area contributed by atoms with Crippen LogP contribution in [-0.2, 0) is 0 Å². The Hall–Kier alpha value is 0.350. The molecule has 0 aliphatic carbocycles. The normalized spacial score (nSPS) is 13.6. The zero-order chi connectivity index (χ0) is 9.23. The summed E-state index contributed by atoms with van der Waals surface area (Å²) in [5.41, 5.74) is 0. The van der Waals surface area contributed by atoms with Crippen molar-refractivity contribution in [3.63, 3.8) is 0 Å². The Morgan fingerprint density at radius 2 is 0.909 bits per heavy atom. The Kier molecular flexibility index (Phi) is 3.96. The molecule has 0 N–H and O–H groups in total. The van der Waals surface area contributed by atoms with Crippen molar-refractivity contribution < 1.29 is 0 Å². The predicted octanol–water partition coefficient (Wildman–Crippen LogP) is 3.62. The summed E-state index contributed by atoms with van der Waals surface area (Å²) in [4.78, 5) is 0. The van der Waals surface area contributed by atoms with E-state index in [1.165, 1.54) is 0 Å². The van der Waals surface area contributed by atoms with Crippen molar-refractivity contribution in [2.45, 2.75) is 46.3 Å². The van der Waals surface area contributed by atoms with Gasteiger partial charge in [-0.25, -0.2) is 0 Å². The summed E-state index contributed by atoms with van der Waals surface area (Å²) < 4.78 is 0.194. The summed E-state index contributed by atoms with van der Waals surface area (Å²) in [6.45, 7) is 13.5. The molecule has 11 heavy (non-hydrogen) atoms. The fourth-order valence-corrected chi connectivity index (χ4v) is 2.00. The van der Waals surface area contributed by atoms with E-state index in [0.717, 1.165) is 0 Å². The van der Waals surface area contributed by atoms with E-state index in [9.17, 15) is 0 Å². The number of thiol groups is 1. The van der Waals surface area contributed by atoms with Crippen molar-refractivity contribution in [3.8, 4) is 0 Å². The maximum absolute atomic E-state index is 4.80. The fourth-order valence-electron chi connectivity index (χ4n) is 2.00. The van der Waals surface area contributed by atoms with Gasteiger partial charge in [-0.1, -0.05) is 41.5 Å². The summed E-state index contributed by atoms with van der Waals surface area (Å²) in [5.74, 6) is 1.93. The molecule has 0 aliphatic rings. The van der Waals surface area contributed by atoms with Gasteiger partial charge in [0.2, 0.25) is 0 Å². The first kappa shape index (κ1) is 11.4. The summed E-state index contributed by atoms with van der Waals surface area (Å²) in [7, 11) is 0. The minimum Gasteiger partial charge on any atom is -0.172 e. The molecule has 0 atom stereocenters. The first-order valence-electron chi connectivity index (χ1n) is 4.55. The van der Waals surface area contributed by atoms with Crippen LogP contribution in [0, 0.1) is 17.8 Å². The summed E-state index contributed by atoms with van der Waals surface area (Å²) in [6, 6.07) is 0. The molecule has 68 valence electrons. The van der Waals surface area contributed by atoms with Gasteiger partial charge in [0.15, 0.2) is 0 Å². The molecule has 0 unspecified atom stereocenters. The molecule has 0 rings (SSSR count). The van der Waals surface area contributed by atoms with E-state index >= 15 is 0 Å². The molecule has 0 saturated heterocycles. The highest BCUT2D eigenvalue weighted by atomic mass is 32.1. The Balaban J connectivity index is 4.53. The maximum atomic E-state index is 4.80. The van der Waals surface area contributed by atoms with Gasteiger partial charge in [0.25, 0.3) is 0 Å². The van der Waals surface area contributed by atoms with E-state index in [4.69, 9.17) is 12.6 Å². The lowest BCUT2D eigenvalue weighted by Gasteiger charge is -2.40. The highest BCUT2D eigenvalue weighted by Crippen LogP contribution is 2.39. The van der Waals surface area contributed by atoms with E-state index < -0.39 is 0 Å². The van der Waals surface area contributed by atoms with Crippen molar-refractivity contribution in [2.75, 3.05) is 0 Å². The lowest BCUT2D eigenvalue weighted by atomic mass is 9.76. The molecule has 0 radical (unpaired) electrons. The second kappa shape index (κ2) is 3.84. The number of hydrogen-bond donors (Lipinski definition) is 1. The second-order valence-electron chi connectivity index (χ2n) is 4.35. The zero-order valence-corrected chi connectivity index (χ0v) is 9.57. The van der Waals surface area contributed by atoms with Crippen LogP contribution in [0.2, 0.25) is 0 Å². The first-order chi connectivity index (χ1) is 4.83. The molecule has 0 aromatic rings. The molecule has 0 bridgehead atoms. The van der Waals surface area contributed by atoms with Crippen LogP contribution in [0.3, 0.4) is 0 Å². The second-order valence-corrected chi connectivity index (χ2v) is 5.13. The largest absolute Gasteiger partial charge is 0.172 e. The van der Waals surface area contributed by atoms with Crippen LogP contribution in [-0.4, -0.2) is 4.75 Å². The zero-order valence-electron chi connectivity index (χ0n) is 8.68. The average Bonchev–Trinajstić information content (AvgIpc) is 1.84. The van der Waals surface area contributed by atoms with Crippen LogP contribution in [0.4, 0.5) is 0 Å². The van der Waals surface area contributed by atoms with Gasteiger partial charge in [0.05, 0.1) is 0 Å². The standard InChI is InChI=1S/C10H22S/c1-7(2)10(11,8(3)4)9(5)6/h7-9,11H,1-6H3. The Morgan fingerprint density at radius 1 is 0.727 bits per heavy atom. The fraction of sp³-hybridized carbons (Fsp3) is 1.00. The Labute approximate surface area is 77.2 Å². The van der Waals surface area contributed by atoms with Gasteiger partial charge in [0, 0.05) is 4.75 Å². The molecule has 0 saturated carbocycles. The van der Waals surface area contributed by atoms with Gasteiger partial charge in [-0.2, -0.15) is 12.6 Å². The quantitative estimate of drug-likeness (QED) is 0.621. The molecule has 0 aromatic carbocycles. The SMILES string of the molecule is CC(C)C(S)(C(C)C)C(C)C. The molecule has 0 aliphatic heterocycles.